The van der Waals surface area contributed by atoms with Gasteiger partial charge in [0.15, 0.2) is 0 Å². The van der Waals surface area contributed by atoms with Gasteiger partial charge in [-0.15, -0.1) is 11.8 Å². The molecule has 1 atom stereocenters. The van der Waals surface area contributed by atoms with Gasteiger partial charge < -0.3 is 10.5 Å². The molecule has 0 spiro atoms. The fourth-order valence-corrected chi connectivity index (χ4v) is 3.90. The van der Waals surface area contributed by atoms with Crippen LogP contribution in [0, 0.1) is 5.41 Å². The second-order valence-corrected chi connectivity index (χ2v) is 6.64. The van der Waals surface area contributed by atoms with E-state index in [1.54, 1.807) is 18.2 Å². The minimum absolute atomic E-state index is 0.0713. The number of rotatable bonds is 4. The van der Waals surface area contributed by atoms with E-state index in [0.29, 0.717) is 28.2 Å². The molecule has 1 aliphatic heterocycles. The van der Waals surface area contributed by atoms with Crippen LogP contribution in [-0.4, -0.2) is 17.7 Å². The summed E-state index contributed by atoms with van der Waals surface area (Å²) in [4.78, 5) is 1.32. The Hall–Kier alpha value is -1.65. The molecule has 3 rings (SSSR count). The van der Waals surface area contributed by atoms with Crippen LogP contribution < -0.4 is 10.5 Å². The quantitative estimate of drug-likeness (QED) is 0.667. The summed E-state index contributed by atoms with van der Waals surface area (Å²) < 4.78 is 5.87. The van der Waals surface area contributed by atoms with E-state index in [-0.39, 0.29) is 5.84 Å². The number of fused-ring (bicyclic) bond motifs is 1. The van der Waals surface area contributed by atoms with Crippen molar-refractivity contribution in [3.05, 3.63) is 58.6 Å². The summed E-state index contributed by atoms with van der Waals surface area (Å²) in [5, 5.41) is 8.44. The van der Waals surface area contributed by atoms with E-state index >= 15 is 0 Å². The average Bonchev–Trinajstić information content (AvgIpc) is 2.87. The minimum Gasteiger partial charge on any atom is -0.492 e. The molecule has 1 aliphatic rings. The normalized spacial score (nSPS) is 16.5. The van der Waals surface area contributed by atoms with Gasteiger partial charge in [0.2, 0.25) is 0 Å². The first-order valence-electron chi connectivity index (χ1n) is 6.65. The van der Waals surface area contributed by atoms with E-state index in [0.717, 1.165) is 6.42 Å². The summed E-state index contributed by atoms with van der Waals surface area (Å²) in [7, 11) is 0. The van der Waals surface area contributed by atoms with Gasteiger partial charge in [-0.05, 0) is 30.2 Å². The predicted octanol–water partition coefficient (Wildman–Crippen LogP) is 3.72. The van der Waals surface area contributed by atoms with Crippen molar-refractivity contribution < 1.29 is 4.74 Å². The Morgan fingerprint density at radius 1 is 1.29 bits per heavy atom. The lowest BCUT2D eigenvalue weighted by atomic mass is 10.1. The average molecular weight is 319 g/mol. The van der Waals surface area contributed by atoms with Crippen molar-refractivity contribution in [2.24, 2.45) is 5.73 Å². The molecule has 1 unspecified atom stereocenters. The Labute approximate surface area is 133 Å². The molecule has 0 radical (unpaired) electrons. The molecule has 0 fully saturated rings. The highest BCUT2D eigenvalue weighted by molar-refractivity contribution is 8.00. The van der Waals surface area contributed by atoms with Crippen molar-refractivity contribution in [1.29, 1.82) is 5.41 Å². The zero-order chi connectivity index (χ0) is 14.8. The standard InChI is InChI=1S/C16H15ClN2OS/c17-12-5-3-6-13(15(12)16(18)19)20-9-11-8-10-4-1-2-7-14(10)21-11/h1-7,11H,8-9H2,(H3,18,19). The fourth-order valence-electron chi connectivity index (χ4n) is 2.42. The molecule has 21 heavy (non-hydrogen) atoms. The second-order valence-electron chi connectivity index (χ2n) is 4.89. The maximum absolute atomic E-state index is 7.62. The first kappa shape index (κ1) is 14.3. The van der Waals surface area contributed by atoms with Gasteiger partial charge in [0, 0.05) is 10.1 Å². The fraction of sp³-hybridized carbons (Fsp3) is 0.188. The number of amidine groups is 1. The summed E-state index contributed by atoms with van der Waals surface area (Å²) in [5.74, 6) is 0.504. The smallest absolute Gasteiger partial charge is 0.131 e. The zero-order valence-corrected chi connectivity index (χ0v) is 12.9. The van der Waals surface area contributed by atoms with Crippen molar-refractivity contribution >= 4 is 29.2 Å². The van der Waals surface area contributed by atoms with Gasteiger partial charge in [-0.1, -0.05) is 35.9 Å². The van der Waals surface area contributed by atoms with Gasteiger partial charge in [-0.2, -0.15) is 0 Å². The summed E-state index contributed by atoms with van der Waals surface area (Å²) >= 11 is 7.92. The van der Waals surface area contributed by atoms with Crippen LogP contribution in [0.15, 0.2) is 47.4 Å². The van der Waals surface area contributed by atoms with Gasteiger partial charge in [-0.3, -0.25) is 5.41 Å². The lowest BCUT2D eigenvalue weighted by Crippen LogP contribution is -2.18. The van der Waals surface area contributed by atoms with Crippen LogP contribution in [0.1, 0.15) is 11.1 Å². The molecule has 0 bridgehead atoms. The number of halogens is 1. The Morgan fingerprint density at radius 3 is 2.86 bits per heavy atom. The molecular formula is C16H15ClN2OS. The molecule has 2 aromatic rings. The van der Waals surface area contributed by atoms with Crippen LogP contribution in [0.3, 0.4) is 0 Å². The molecule has 1 heterocycles. The van der Waals surface area contributed by atoms with Gasteiger partial charge in [0.25, 0.3) is 0 Å². The lowest BCUT2D eigenvalue weighted by Gasteiger charge is -2.14. The highest BCUT2D eigenvalue weighted by atomic mass is 35.5. The van der Waals surface area contributed by atoms with Crippen LogP contribution in [0.25, 0.3) is 0 Å². The summed E-state index contributed by atoms with van der Waals surface area (Å²) in [6, 6.07) is 13.7. The maximum Gasteiger partial charge on any atom is 0.131 e. The molecule has 0 saturated carbocycles. The van der Waals surface area contributed by atoms with Gasteiger partial charge in [-0.25, -0.2) is 0 Å². The Morgan fingerprint density at radius 2 is 2.10 bits per heavy atom. The molecule has 3 nitrogen and oxygen atoms in total. The van der Waals surface area contributed by atoms with Crippen LogP contribution in [0.4, 0.5) is 0 Å². The van der Waals surface area contributed by atoms with Crippen LogP contribution in [-0.2, 0) is 6.42 Å². The predicted molar refractivity (Wildman–Crippen MR) is 87.8 cm³/mol. The van der Waals surface area contributed by atoms with Gasteiger partial charge >= 0.3 is 0 Å². The largest absolute Gasteiger partial charge is 0.492 e. The number of benzene rings is 2. The number of nitrogens with one attached hydrogen (secondary N) is 1. The maximum atomic E-state index is 7.62. The van der Waals surface area contributed by atoms with Crippen molar-refractivity contribution in [1.82, 2.24) is 0 Å². The van der Waals surface area contributed by atoms with E-state index < -0.39 is 0 Å². The minimum atomic E-state index is -0.0713. The third-order valence-corrected chi connectivity index (χ3v) is 4.99. The van der Waals surface area contributed by atoms with E-state index in [1.807, 2.05) is 11.8 Å². The number of nitrogens with two attached hydrogens (primary N) is 1. The number of nitrogen functional groups attached to an aromatic ring is 1. The summed E-state index contributed by atoms with van der Waals surface area (Å²) in [6.45, 7) is 0.569. The number of ether oxygens (including phenoxy) is 1. The van der Waals surface area contributed by atoms with Crippen molar-refractivity contribution in [2.45, 2.75) is 16.6 Å². The number of hydrogen-bond donors (Lipinski definition) is 2. The molecule has 108 valence electrons. The third-order valence-electron chi connectivity index (χ3n) is 3.38. The van der Waals surface area contributed by atoms with Crippen LogP contribution in [0.2, 0.25) is 5.02 Å². The first-order valence-corrected chi connectivity index (χ1v) is 7.91. The monoisotopic (exact) mass is 318 g/mol. The number of thioether (sulfide) groups is 1. The van der Waals surface area contributed by atoms with E-state index in [2.05, 4.69) is 24.3 Å². The first-order chi connectivity index (χ1) is 10.1. The highest BCUT2D eigenvalue weighted by Crippen LogP contribution is 2.37. The van der Waals surface area contributed by atoms with Crippen molar-refractivity contribution in [2.75, 3.05) is 6.61 Å². The number of hydrogen-bond acceptors (Lipinski definition) is 3. The molecular weight excluding hydrogens is 304 g/mol. The summed E-state index contributed by atoms with van der Waals surface area (Å²) in [5.41, 5.74) is 7.42. The van der Waals surface area contributed by atoms with E-state index in [1.165, 1.54) is 10.5 Å². The third kappa shape index (κ3) is 3.01. The van der Waals surface area contributed by atoms with Crippen molar-refractivity contribution in [3.8, 4) is 5.75 Å². The topological polar surface area (TPSA) is 59.1 Å². The van der Waals surface area contributed by atoms with Crippen LogP contribution in [0.5, 0.6) is 5.75 Å². The molecule has 5 heteroatoms. The molecule has 3 N–H and O–H groups in total. The summed E-state index contributed by atoms with van der Waals surface area (Å²) in [6.07, 6.45) is 0.997. The highest BCUT2D eigenvalue weighted by Gasteiger charge is 2.23. The van der Waals surface area contributed by atoms with Gasteiger partial charge in [0.05, 0.1) is 10.6 Å². The molecule has 0 aliphatic carbocycles. The lowest BCUT2D eigenvalue weighted by molar-refractivity contribution is 0.317. The van der Waals surface area contributed by atoms with E-state index in [9.17, 15) is 0 Å². The molecule has 0 saturated heterocycles. The van der Waals surface area contributed by atoms with Crippen molar-refractivity contribution in [3.63, 3.8) is 0 Å². The molecule has 2 aromatic carbocycles. The zero-order valence-electron chi connectivity index (χ0n) is 11.3. The Bertz CT molecular complexity index is 665. The van der Waals surface area contributed by atoms with Crippen LogP contribution >= 0.6 is 23.4 Å². The molecule has 0 amide bonds. The Balaban J connectivity index is 1.70. The molecule has 0 aromatic heterocycles. The van der Waals surface area contributed by atoms with Gasteiger partial charge in [0.1, 0.15) is 18.2 Å². The SMILES string of the molecule is N=C(N)c1c(Cl)cccc1OCC1Cc2ccccc2S1. The van der Waals surface area contributed by atoms with E-state index in [4.69, 9.17) is 27.5 Å². The Kier molecular flexibility index (Phi) is 4.08. The second kappa shape index (κ2) is 6.00.